The van der Waals surface area contributed by atoms with Gasteiger partial charge in [0.25, 0.3) is 0 Å². The van der Waals surface area contributed by atoms with Gasteiger partial charge in [0, 0.05) is 25.9 Å². The van der Waals surface area contributed by atoms with Crippen LogP contribution in [-0.4, -0.2) is 29.3 Å². The van der Waals surface area contributed by atoms with E-state index in [1.165, 1.54) is 5.56 Å². The Hall–Kier alpha value is -3.40. The van der Waals surface area contributed by atoms with Crippen LogP contribution < -0.4 is 5.32 Å². The Morgan fingerprint density at radius 2 is 1.50 bits per heavy atom. The van der Waals surface area contributed by atoms with Crippen LogP contribution in [0.5, 0.6) is 0 Å². The summed E-state index contributed by atoms with van der Waals surface area (Å²) in [5.74, 6) is -0.122. The summed E-state index contributed by atoms with van der Waals surface area (Å²) in [6.45, 7) is 11.5. The Morgan fingerprint density at radius 1 is 0.861 bits per heavy atom. The molecule has 2 amide bonds. The van der Waals surface area contributed by atoms with Gasteiger partial charge in [-0.25, -0.2) is 0 Å². The van der Waals surface area contributed by atoms with Gasteiger partial charge in [-0.15, -0.1) is 0 Å². The van der Waals surface area contributed by atoms with Gasteiger partial charge in [-0.1, -0.05) is 99.6 Å². The van der Waals surface area contributed by atoms with Crippen molar-refractivity contribution in [1.29, 1.82) is 0 Å². The number of amides is 2. The fourth-order valence-electron chi connectivity index (χ4n) is 4.38. The molecular formula is C32H40N2O2. The van der Waals surface area contributed by atoms with Crippen LogP contribution in [0, 0.1) is 6.92 Å². The van der Waals surface area contributed by atoms with Crippen LogP contribution in [0.4, 0.5) is 0 Å². The van der Waals surface area contributed by atoms with Gasteiger partial charge in [0.15, 0.2) is 0 Å². The summed E-state index contributed by atoms with van der Waals surface area (Å²) in [5, 5.41) is 2.96. The Morgan fingerprint density at radius 3 is 2.11 bits per heavy atom. The van der Waals surface area contributed by atoms with E-state index in [-0.39, 0.29) is 17.2 Å². The van der Waals surface area contributed by atoms with Crippen molar-refractivity contribution >= 4 is 11.8 Å². The number of nitrogens with one attached hydrogen (secondary N) is 1. The van der Waals surface area contributed by atoms with Gasteiger partial charge in [-0.05, 0) is 53.5 Å². The molecule has 3 aromatic carbocycles. The lowest BCUT2D eigenvalue weighted by Gasteiger charge is -2.32. The maximum atomic E-state index is 13.7. The highest BCUT2D eigenvalue weighted by Crippen LogP contribution is 2.23. The van der Waals surface area contributed by atoms with Crippen LogP contribution in [-0.2, 0) is 34.4 Å². The molecule has 36 heavy (non-hydrogen) atoms. The molecule has 1 N–H and O–H groups in total. The third-order valence-electron chi connectivity index (χ3n) is 6.67. The first-order valence-corrected chi connectivity index (χ1v) is 12.9. The summed E-state index contributed by atoms with van der Waals surface area (Å²) in [5.41, 5.74) is 5.71. The highest BCUT2D eigenvalue weighted by atomic mass is 16.2. The Kier molecular flexibility index (Phi) is 9.46. The molecule has 4 heteroatoms. The summed E-state index contributed by atoms with van der Waals surface area (Å²) < 4.78 is 0. The van der Waals surface area contributed by atoms with Crippen LogP contribution in [0.3, 0.4) is 0 Å². The van der Waals surface area contributed by atoms with Crippen molar-refractivity contribution in [2.24, 2.45) is 0 Å². The van der Waals surface area contributed by atoms with Gasteiger partial charge in [-0.3, -0.25) is 9.59 Å². The number of likely N-dealkylation sites (N-methyl/N-ethyl adjacent to an activating group) is 1. The Balaban J connectivity index is 1.86. The zero-order valence-corrected chi connectivity index (χ0v) is 22.4. The molecule has 0 unspecified atom stereocenters. The molecule has 3 aromatic rings. The molecule has 0 heterocycles. The maximum Gasteiger partial charge on any atom is 0.243 e. The van der Waals surface area contributed by atoms with E-state index < -0.39 is 6.04 Å². The van der Waals surface area contributed by atoms with Gasteiger partial charge in [-0.2, -0.15) is 0 Å². The summed E-state index contributed by atoms with van der Waals surface area (Å²) in [7, 11) is 0. The predicted molar refractivity (Wildman–Crippen MR) is 148 cm³/mol. The van der Waals surface area contributed by atoms with Gasteiger partial charge in [0.05, 0.1) is 0 Å². The third-order valence-corrected chi connectivity index (χ3v) is 6.67. The standard InChI is InChI=1S/C32H40N2O2/c1-6-33-31(36)29(22-26-13-8-7-9-14-26)34(23-27-15-11-10-12-24(27)2)30(35)21-18-25-16-19-28(20-17-25)32(3,4)5/h7-17,19-20,29H,6,18,21-23H2,1-5H3,(H,33,36)/t29-/m1/s1. The maximum absolute atomic E-state index is 13.7. The molecule has 0 aliphatic carbocycles. The van der Waals surface area contributed by atoms with Crippen molar-refractivity contribution < 1.29 is 9.59 Å². The van der Waals surface area contributed by atoms with Gasteiger partial charge in [0.2, 0.25) is 11.8 Å². The van der Waals surface area contributed by atoms with E-state index >= 15 is 0 Å². The summed E-state index contributed by atoms with van der Waals surface area (Å²) in [4.78, 5) is 28.8. The fourth-order valence-corrected chi connectivity index (χ4v) is 4.38. The van der Waals surface area contributed by atoms with Crippen LogP contribution in [0.25, 0.3) is 0 Å². The SMILES string of the molecule is CCNC(=O)[C@@H](Cc1ccccc1)N(Cc1ccccc1C)C(=O)CCc1ccc(C(C)(C)C)cc1. The average molecular weight is 485 g/mol. The van der Waals surface area contributed by atoms with E-state index in [9.17, 15) is 9.59 Å². The number of rotatable bonds is 10. The highest BCUT2D eigenvalue weighted by Gasteiger charge is 2.30. The molecule has 4 nitrogen and oxygen atoms in total. The molecule has 0 aromatic heterocycles. The van der Waals surface area contributed by atoms with Crippen molar-refractivity contribution in [1.82, 2.24) is 10.2 Å². The first kappa shape index (κ1) is 27.2. The molecule has 0 aliphatic rings. The zero-order chi connectivity index (χ0) is 26.1. The molecule has 0 aliphatic heterocycles. The van der Waals surface area contributed by atoms with Crippen molar-refractivity contribution in [3.05, 3.63) is 107 Å². The molecule has 190 valence electrons. The molecule has 1 atom stereocenters. The molecule has 0 spiro atoms. The van der Waals surface area contributed by atoms with Crippen molar-refractivity contribution in [3.8, 4) is 0 Å². The minimum absolute atomic E-state index is 0.00895. The molecule has 0 bridgehead atoms. The number of aryl methyl sites for hydroxylation is 2. The molecule has 0 saturated heterocycles. The van der Waals surface area contributed by atoms with E-state index in [0.29, 0.717) is 32.4 Å². The van der Waals surface area contributed by atoms with E-state index in [1.807, 2.05) is 68.4 Å². The third kappa shape index (κ3) is 7.55. The molecular weight excluding hydrogens is 444 g/mol. The minimum atomic E-state index is -0.581. The second-order valence-electron chi connectivity index (χ2n) is 10.5. The largest absolute Gasteiger partial charge is 0.355 e. The smallest absolute Gasteiger partial charge is 0.243 e. The molecule has 0 saturated carbocycles. The quantitative estimate of drug-likeness (QED) is 0.384. The lowest BCUT2D eigenvalue weighted by atomic mass is 9.86. The van der Waals surface area contributed by atoms with Crippen molar-refractivity contribution in [2.45, 2.75) is 71.9 Å². The van der Waals surface area contributed by atoms with Crippen LogP contribution >= 0.6 is 0 Å². The van der Waals surface area contributed by atoms with Crippen LogP contribution in [0.15, 0.2) is 78.9 Å². The Labute approximate surface area is 216 Å². The lowest BCUT2D eigenvalue weighted by Crippen LogP contribution is -2.50. The van der Waals surface area contributed by atoms with E-state index in [2.05, 4.69) is 50.4 Å². The highest BCUT2D eigenvalue weighted by molar-refractivity contribution is 5.88. The first-order valence-electron chi connectivity index (χ1n) is 12.9. The average Bonchev–Trinajstić information content (AvgIpc) is 2.86. The first-order chi connectivity index (χ1) is 17.2. The van der Waals surface area contributed by atoms with Crippen molar-refractivity contribution in [3.63, 3.8) is 0 Å². The van der Waals surface area contributed by atoms with Crippen LogP contribution in [0.1, 0.15) is 61.9 Å². The molecule has 3 rings (SSSR count). The van der Waals surface area contributed by atoms with Gasteiger partial charge >= 0.3 is 0 Å². The van der Waals surface area contributed by atoms with Crippen molar-refractivity contribution in [2.75, 3.05) is 6.54 Å². The second kappa shape index (κ2) is 12.5. The van der Waals surface area contributed by atoms with Gasteiger partial charge < -0.3 is 10.2 Å². The van der Waals surface area contributed by atoms with Gasteiger partial charge in [0.1, 0.15) is 6.04 Å². The predicted octanol–water partition coefficient (Wildman–Crippen LogP) is 6.00. The van der Waals surface area contributed by atoms with Crippen LogP contribution in [0.2, 0.25) is 0 Å². The number of hydrogen-bond acceptors (Lipinski definition) is 2. The molecule has 0 fully saturated rings. The fraction of sp³-hybridized carbons (Fsp3) is 0.375. The molecule has 0 radical (unpaired) electrons. The number of nitrogens with zero attached hydrogens (tertiary/aromatic N) is 1. The zero-order valence-electron chi connectivity index (χ0n) is 22.4. The van der Waals surface area contributed by atoms with E-state index in [1.54, 1.807) is 4.90 Å². The second-order valence-corrected chi connectivity index (χ2v) is 10.5. The normalized spacial score (nSPS) is 12.1. The van der Waals surface area contributed by atoms with E-state index in [4.69, 9.17) is 0 Å². The number of carbonyl (C=O) groups excluding carboxylic acids is 2. The topological polar surface area (TPSA) is 49.4 Å². The lowest BCUT2D eigenvalue weighted by molar-refractivity contribution is -0.141. The minimum Gasteiger partial charge on any atom is -0.355 e. The van der Waals surface area contributed by atoms with E-state index in [0.717, 1.165) is 22.3 Å². The monoisotopic (exact) mass is 484 g/mol. The number of benzene rings is 3. The number of hydrogen-bond donors (Lipinski definition) is 1. The number of carbonyl (C=O) groups is 2. The summed E-state index contributed by atoms with van der Waals surface area (Å²) >= 11 is 0. The Bertz CT molecular complexity index is 1130. The summed E-state index contributed by atoms with van der Waals surface area (Å²) in [6, 6.07) is 26.0. The summed E-state index contributed by atoms with van der Waals surface area (Å²) in [6.07, 6.45) is 1.47.